The molecule has 0 aliphatic carbocycles. The van der Waals surface area contributed by atoms with Gasteiger partial charge >= 0.3 is 6.18 Å². The highest BCUT2D eigenvalue weighted by atomic mass is 32.1. The highest BCUT2D eigenvalue weighted by Crippen LogP contribution is 2.40. The number of aromatic nitrogens is 3. The van der Waals surface area contributed by atoms with Crippen LogP contribution in [0.4, 0.5) is 19.0 Å². The lowest BCUT2D eigenvalue weighted by Gasteiger charge is -2.09. The molecule has 3 aromatic heterocycles. The van der Waals surface area contributed by atoms with Gasteiger partial charge in [0.1, 0.15) is 15.5 Å². The number of hydrogen-bond acceptors (Lipinski definition) is 5. The molecule has 8 heteroatoms. The average Bonchev–Trinajstić information content (AvgIpc) is 3.12. The van der Waals surface area contributed by atoms with E-state index in [1.807, 2.05) is 30.3 Å². The number of rotatable bonds is 4. The Bertz CT molecular complexity index is 1060. The van der Waals surface area contributed by atoms with Crippen molar-refractivity contribution in [2.45, 2.75) is 12.7 Å². The highest BCUT2D eigenvalue weighted by molar-refractivity contribution is 7.18. The molecule has 4 aromatic rings. The first-order valence-electron chi connectivity index (χ1n) is 8.08. The van der Waals surface area contributed by atoms with Crippen molar-refractivity contribution in [1.82, 2.24) is 15.0 Å². The summed E-state index contributed by atoms with van der Waals surface area (Å²) in [5.41, 5.74) is 1.64. The fourth-order valence-electron chi connectivity index (χ4n) is 2.60. The number of thiophene rings is 1. The minimum absolute atomic E-state index is 0.284. The number of nitrogens with zero attached hydrogens (tertiary/aromatic N) is 3. The van der Waals surface area contributed by atoms with Crippen LogP contribution in [0.1, 0.15) is 10.4 Å². The summed E-state index contributed by atoms with van der Waals surface area (Å²) in [5.74, 6) is 0.705. The van der Waals surface area contributed by atoms with Gasteiger partial charge in [0.05, 0.1) is 5.39 Å². The van der Waals surface area contributed by atoms with E-state index < -0.39 is 11.1 Å². The van der Waals surface area contributed by atoms with Crippen molar-refractivity contribution >= 4 is 27.4 Å². The number of alkyl halides is 3. The van der Waals surface area contributed by atoms with Crippen molar-refractivity contribution in [2.24, 2.45) is 0 Å². The van der Waals surface area contributed by atoms with Crippen LogP contribution in [-0.4, -0.2) is 15.0 Å². The van der Waals surface area contributed by atoms with Crippen LogP contribution in [0, 0.1) is 0 Å². The van der Waals surface area contributed by atoms with Crippen molar-refractivity contribution in [3.8, 4) is 11.4 Å². The lowest BCUT2D eigenvalue weighted by molar-refractivity contribution is -0.134. The predicted octanol–water partition coefficient (Wildman–Crippen LogP) is 5.38. The van der Waals surface area contributed by atoms with Gasteiger partial charge in [-0.25, -0.2) is 9.97 Å². The van der Waals surface area contributed by atoms with Gasteiger partial charge in [0.15, 0.2) is 5.82 Å². The van der Waals surface area contributed by atoms with Gasteiger partial charge in [0.25, 0.3) is 0 Å². The van der Waals surface area contributed by atoms with Crippen LogP contribution in [0.2, 0.25) is 0 Å². The van der Waals surface area contributed by atoms with Gasteiger partial charge in [-0.05, 0) is 23.8 Å². The zero-order valence-corrected chi connectivity index (χ0v) is 14.7. The van der Waals surface area contributed by atoms with Gasteiger partial charge < -0.3 is 5.32 Å². The van der Waals surface area contributed by atoms with Gasteiger partial charge in [-0.15, -0.1) is 11.3 Å². The molecule has 0 spiro atoms. The maximum atomic E-state index is 13.2. The minimum atomic E-state index is -4.42. The van der Waals surface area contributed by atoms with Crippen molar-refractivity contribution in [1.29, 1.82) is 0 Å². The average molecular weight is 386 g/mol. The fraction of sp³-hybridized carbons (Fsp3) is 0.105. The molecule has 0 bridgehead atoms. The number of pyridine rings is 1. The maximum absolute atomic E-state index is 13.2. The minimum Gasteiger partial charge on any atom is -0.365 e. The third-order valence-corrected chi connectivity index (χ3v) is 4.97. The summed E-state index contributed by atoms with van der Waals surface area (Å²) in [6.07, 6.45) is -1.22. The summed E-state index contributed by atoms with van der Waals surface area (Å²) in [6.45, 7) is 0.441. The van der Waals surface area contributed by atoms with Crippen LogP contribution in [0.25, 0.3) is 21.6 Å². The van der Waals surface area contributed by atoms with E-state index in [9.17, 15) is 13.2 Å². The van der Waals surface area contributed by atoms with E-state index in [4.69, 9.17) is 0 Å². The first-order chi connectivity index (χ1) is 13.0. The van der Waals surface area contributed by atoms with Crippen molar-refractivity contribution in [2.75, 3.05) is 5.32 Å². The van der Waals surface area contributed by atoms with Crippen molar-refractivity contribution in [3.05, 3.63) is 71.4 Å². The molecule has 0 amide bonds. The Balaban J connectivity index is 1.79. The lowest BCUT2D eigenvalue weighted by Crippen LogP contribution is -2.03. The summed E-state index contributed by atoms with van der Waals surface area (Å²) in [4.78, 5) is 12.4. The monoisotopic (exact) mass is 386 g/mol. The SMILES string of the molecule is FC(F)(F)c1cc2c(NCc3ccccc3)nc(-c3cccnc3)nc2s1. The van der Waals surface area contributed by atoms with E-state index in [1.165, 1.54) is 0 Å². The molecule has 0 aliphatic heterocycles. The number of benzene rings is 1. The van der Waals surface area contributed by atoms with Gasteiger partial charge in [-0.1, -0.05) is 30.3 Å². The van der Waals surface area contributed by atoms with Gasteiger partial charge in [-0.3, -0.25) is 4.98 Å². The van der Waals surface area contributed by atoms with Crippen LogP contribution >= 0.6 is 11.3 Å². The standard InChI is InChI=1S/C19H13F3N4S/c20-19(21,22)15-9-14-17(24-10-12-5-2-1-3-6-12)25-16(26-18(14)27-15)13-7-4-8-23-11-13/h1-9,11H,10H2,(H,24,25,26). The Kier molecular flexibility index (Phi) is 4.49. The van der Waals surface area contributed by atoms with Crippen LogP contribution < -0.4 is 5.32 Å². The molecule has 1 aromatic carbocycles. The molecule has 0 radical (unpaired) electrons. The number of hydrogen-bond donors (Lipinski definition) is 1. The van der Waals surface area contributed by atoms with E-state index in [2.05, 4.69) is 20.3 Å². The van der Waals surface area contributed by atoms with E-state index in [0.29, 0.717) is 40.5 Å². The summed E-state index contributed by atoms with van der Waals surface area (Å²) < 4.78 is 39.5. The molecular weight excluding hydrogens is 373 g/mol. The molecule has 0 saturated heterocycles. The smallest absolute Gasteiger partial charge is 0.365 e. The zero-order chi connectivity index (χ0) is 18.9. The first kappa shape index (κ1) is 17.4. The Hall–Kier alpha value is -3.00. The molecule has 4 rings (SSSR count). The fourth-order valence-corrected chi connectivity index (χ4v) is 3.50. The number of halogens is 3. The number of fused-ring (bicyclic) bond motifs is 1. The number of anilines is 1. The molecule has 0 saturated carbocycles. The van der Waals surface area contributed by atoms with Crippen LogP contribution in [-0.2, 0) is 12.7 Å². The molecule has 136 valence electrons. The summed E-state index contributed by atoms with van der Waals surface area (Å²) in [5, 5.41) is 3.50. The van der Waals surface area contributed by atoms with Gasteiger partial charge in [-0.2, -0.15) is 13.2 Å². The largest absolute Gasteiger partial charge is 0.425 e. The third-order valence-electron chi connectivity index (χ3n) is 3.89. The van der Waals surface area contributed by atoms with E-state index in [0.717, 1.165) is 11.6 Å². The highest BCUT2D eigenvalue weighted by Gasteiger charge is 2.33. The predicted molar refractivity (Wildman–Crippen MR) is 99.4 cm³/mol. The molecule has 0 aliphatic rings. The summed E-state index contributed by atoms with van der Waals surface area (Å²) in [6, 6.07) is 14.2. The van der Waals surface area contributed by atoms with Gasteiger partial charge in [0, 0.05) is 24.5 Å². The molecule has 0 fully saturated rings. The Morgan fingerprint density at radius 1 is 1.00 bits per heavy atom. The molecule has 3 heterocycles. The van der Waals surface area contributed by atoms with E-state index in [1.54, 1.807) is 24.5 Å². The topological polar surface area (TPSA) is 50.7 Å². The van der Waals surface area contributed by atoms with Gasteiger partial charge in [0.2, 0.25) is 0 Å². The summed E-state index contributed by atoms with van der Waals surface area (Å²) >= 11 is 0.612. The van der Waals surface area contributed by atoms with Crippen molar-refractivity contribution in [3.63, 3.8) is 0 Å². The summed E-state index contributed by atoms with van der Waals surface area (Å²) in [7, 11) is 0. The zero-order valence-electron chi connectivity index (χ0n) is 13.9. The Labute approximate surface area is 156 Å². The molecule has 27 heavy (non-hydrogen) atoms. The maximum Gasteiger partial charge on any atom is 0.425 e. The normalized spacial score (nSPS) is 11.7. The van der Waals surface area contributed by atoms with Crippen molar-refractivity contribution < 1.29 is 13.2 Å². The third kappa shape index (κ3) is 3.75. The first-order valence-corrected chi connectivity index (χ1v) is 8.89. The molecule has 4 nitrogen and oxygen atoms in total. The van der Waals surface area contributed by atoms with Crippen LogP contribution in [0.15, 0.2) is 60.9 Å². The van der Waals surface area contributed by atoms with E-state index >= 15 is 0 Å². The second-order valence-corrected chi connectivity index (χ2v) is 6.83. The second kappa shape index (κ2) is 6.96. The molecule has 1 N–H and O–H groups in total. The second-order valence-electron chi connectivity index (χ2n) is 5.80. The van der Waals surface area contributed by atoms with Crippen LogP contribution in [0.5, 0.6) is 0 Å². The number of nitrogens with one attached hydrogen (secondary N) is 1. The Morgan fingerprint density at radius 2 is 1.81 bits per heavy atom. The van der Waals surface area contributed by atoms with E-state index in [-0.39, 0.29) is 4.83 Å². The Morgan fingerprint density at radius 3 is 2.52 bits per heavy atom. The molecular formula is C19H13F3N4S. The molecule has 0 unspecified atom stereocenters. The lowest BCUT2D eigenvalue weighted by atomic mass is 10.2. The molecule has 0 atom stereocenters. The quantitative estimate of drug-likeness (QED) is 0.511. The van der Waals surface area contributed by atoms with Crippen LogP contribution in [0.3, 0.4) is 0 Å².